The van der Waals surface area contributed by atoms with Gasteiger partial charge in [0.1, 0.15) is 17.6 Å². The Morgan fingerprint density at radius 3 is 2.39 bits per heavy atom. The average molecular weight is 457 g/mol. The largest absolute Gasteiger partial charge is 0.507 e. The highest BCUT2D eigenvalue weighted by Gasteiger charge is 2.19. The summed E-state index contributed by atoms with van der Waals surface area (Å²) >= 11 is 0. The van der Waals surface area contributed by atoms with Gasteiger partial charge >= 0.3 is 0 Å². The molecular weight excluding hydrogens is 416 g/mol. The van der Waals surface area contributed by atoms with Crippen molar-refractivity contribution in [3.63, 3.8) is 0 Å². The van der Waals surface area contributed by atoms with Crippen molar-refractivity contribution in [1.82, 2.24) is 0 Å². The Labute approximate surface area is 198 Å². The van der Waals surface area contributed by atoms with Crippen LogP contribution >= 0.6 is 0 Å². The summed E-state index contributed by atoms with van der Waals surface area (Å²) in [6, 6.07) is 3.59. The Kier molecular flexibility index (Phi) is 11.9. The number of aliphatic hydroxyl groups is 1. The molecule has 1 aromatic carbocycles. The summed E-state index contributed by atoms with van der Waals surface area (Å²) in [5.41, 5.74) is 4.37. The molecule has 33 heavy (non-hydrogen) atoms. The maximum absolute atomic E-state index is 12.4. The molecule has 0 aromatic heterocycles. The maximum atomic E-state index is 12.4. The van der Waals surface area contributed by atoms with Crippen LogP contribution in [0.1, 0.15) is 71.4 Å². The van der Waals surface area contributed by atoms with Crippen molar-refractivity contribution in [2.45, 2.75) is 79.8 Å². The third-order valence-corrected chi connectivity index (χ3v) is 5.60. The Morgan fingerprint density at radius 2 is 1.79 bits per heavy atom. The van der Waals surface area contributed by atoms with Crippen molar-refractivity contribution in [3.8, 4) is 11.5 Å². The second kappa shape index (κ2) is 13.8. The van der Waals surface area contributed by atoms with Gasteiger partial charge in [0.25, 0.3) is 0 Å². The third-order valence-electron chi connectivity index (χ3n) is 5.60. The van der Waals surface area contributed by atoms with Crippen LogP contribution in [-0.4, -0.2) is 35.0 Å². The Hall–Kier alpha value is -2.66. The van der Waals surface area contributed by atoms with Gasteiger partial charge in [-0.2, -0.15) is 0 Å². The zero-order chi connectivity index (χ0) is 25.1. The smallest absolute Gasteiger partial charge is 0.167 e. The number of hydrogen-bond acceptors (Lipinski definition) is 5. The van der Waals surface area contributed by atoms with E-state index in [1.165, 1.54) is 0 Å². The summed E-state index contributed by atoms with van der Waals surface area (Å²) in [5, 5.41) is 20.2. The molecule has 0 heterocycles. The number of aliphatic hydroxyl groups excluding tert-OH is 1. The van der Waals surface area contributed by atoms with Crippen LogP contribution in [0.3, 0.4) is 0 Å². The summed E-state index contributed by atoms with van der Waals surface area (Å²) in [6.45, 7) is 11.2. The van der Waals surface area contributed by atoms with Gasteiger partial charge in [-0.05, 0) is 84.1 Å². The second-order valence-corrected chi connectivity index (χ2v) is 9.22. The van der Waals surface area contributed by atoms with Crippen LogP contribution < -0.4 is 4.74 Å². The third kappa shape index (κ3) is 10.2. The molecule has 0 spiro atoms. The number of Topliss-reactive ketones (excluding diaryl/α,β-unsaturated/α-hetero) is 1. The minimum absolute atomic E-state index is 0.0374. The first-order valence-electron chi connectivity index (χ1n) is 11.5. The van der Waals surface area contributed by atoms with Gasteiger partial charge in [-0.3, -0.25) is 9.59 Å². The number of rotatable bonds is 13. The quantitative estimate of drug-likeness (QED) is 0.289. The monoisotopic (exact) mass is 456 g/mol. The number of carbonyl (C=O) groups is 2. The molecule has 0 saturated carbocycles. The number of ketones is 2. The van der Waals surface area contributed by atoms with Crippen molar-refractivity contribution >= 4 is 11.6 Å². The van der Waals surface area contributed by atoms with E-state index < -0.39 is 6.10 Å². The number of phenolic OH excluding ortho intramolecular Hbond substituents is 1. The van der Waals surface area contributed by atoms with Gasteiger partial charge in [0.05, 0.1) is 7.11 Å². The fourth-order valence-corrected chi connectivity index (χ4v) is 3.64. The van der Waals surface area contributed by atoms with Crippen LogP contribution in [0.5, 0.6) is 11.5 Å². The molecule has 2 N–H and O–H groups in total. The molecule has 1 unspecified atom stereocenters. The van der Waals surface area contributed by atoms with Gasteiger partial charge in [0, 0.05) is 17.9 Å². The first-order chi connectivity index (χ1) is 15.4. The Bertz CT molecular complexity index is 916. The van der Waals surface area contributed by atoms with Gasteiger partial charge in [0.15, 0.2) is 11.6 Å². The van der Waals surface area contributed by atoms with Crippen molar-refractivity contribution in [2.24, 2.45) is 5.92 Å². The van der Waals surface area contributed by atoms with Gasteiger partial charge in [-0.25, -0.2) is 0 Å². The maximum Gasteiger partial charge on any atom is 0.167 e. The van der Waals surface area contributed by atoms with E-state index in [2.05, 4.69) is 0 Å². The topological polar surface area (TPSA) is 83.8 Å². The number of hydrogen-bond donors (Lipinski definition) is 2. The fraction of sp³-hybridized carbons (Fsp3) is 0.500. The normalized spacial score (nSPS) is 13.9. The lowest BCUT2D eigenvalue weighted by Gasteiger charge is -2.13. The van der Waals surface area contributed by atoms with E-state index in [0.717, 1.165) is 40.7 Å². The van der Waals surface area contributed by atoms with Crippen molar-refractivity contribution in [2.75, 3.05) is 7.11 Å². The van der Waals surface area contributed by atoms with Crippen LogP contribution in [0.4, 0.5) is 0 Å². The van der Waals surface area contributed by atoms with Crippen LogP contribution in [0.15, 0.2) is 47.1 Å². The lowest BCUT2D eigenvalue weighted by molar-refractivity contribution is -0.128. The van der Waals surface area contributed by atoms with Crippen LogP contribution in [-0.2, 0) is 16.0 Å². The van der Waals surface area contributed by atoms with Crippen LogP contribution in [0.2, 0.25) is 0 Å². The summed E-state index contributed by atoms with van der Waals surface area (Å²) < 4.78 is 5.27. The number of benzene rings is 1. The second-order valence-electron chi connectivity index (χ2n) is 9.22. The minimum Gasteiger partial charge on any atom is -0.507 e. The molecule has 0 radical (unpaired) electrons. The zero-order valence-corrected chi connectivity index (χ0v) is 21.2. The molecule has 0 aliphatic heterocycles. The van der Waals surface area contributed by atoms with E-state index in [1.807, 2.05) is 53.7 Å². The van der Waals surface area contributed by atoms with E-state index >= 15 is 0 Å². The Morgan fingerprint density at radius 1 is 1.12 bits per heavy atom. The highest BCUT2D eigenvalue weighted by Crippen LogP contribution is 2.28. The van der Waals surface area contributed by atoms with Crippen LogP contribution in [0, 0.1) is 12.8 Å². The first-order valence-corrected chi connectivity index (χ1v) is 11.5. The molecule has 0 saturated heterocycles. The molecule has 0 fully saturated rings. The molecule has 1 aromatic rings. The molecule has 2 atom stereocenters. The molecule has 0 amide bonds. The van der Waals surface area contributed by atoms with Gasteiger partial charge in [0.2, 0.25) is 0 Å². The minimum atomic E-state index is -1.04. The van der Waals surface area contributed by atoms with Gasteiger partial charge in [-0.15, -0.1) is 0 Å². The summed E-state index contributed by atoms with van der Waals surface area (Å²) in [4.78, 5) is 24.6. The number of aromatic hydroxyl groups is 1. The number of phenols is 1. The van der Waals surface area contributed by atoms with E-state index in [9.17, 15) is 19.8 Å². The first kappa shape index (κ1) is 28.4. The lowest BCUT2D eigenvalue weighted by Crippen LogP contribution is -2.25. The van der Waals surface area contributed by atoms with E-state index in [1.54, 1.807) is 25.3 Å². The summed E-state index contributed by atoms with van der Waals surface area (Å²) in [6.07, 6.45) is 7.22. The molecule has 0 bridgehead atoms. The highest BCUT2D eigenvalue weighted by atomic mass is 16.5. The number of methoxy groups -OCH3 is 1. The molecule has 0 aliphatic rings. The number of carbonyl (C=O) groups excluding carboxylic acids is 2. The predicted octanol–water partition coefficient (Wildman–Crippen LogP) is 5.81. The average Bonchev–Trinajstić information content (AvgIpc) is 2.73. The summed E-state index contributed by atoms with van der Waals surface area (Å²) in [7, 11) is 1.59. The Balaban J connectivity index is 2.56. The van der Waals surface area contributed by atoms with E-state index in [4.69, 9.17) is 4.74 Å². The molecule has 1 rings (SSSR count). The zero-order valence-electron chi connectivity index (χ0n) is 21.2. The van der Waals surface area contributed by atoms with Crippen molar-refractivity contribution in [3.05, 3.63) is 58.2 Å². The van der Waals surface area contributed by atoms with E-state index in [-0.39, 0.29) is 23.2 Å². The summed E-state index contributed by atoms with van der Waals surface area (Å²) in [5.74, 6) is 0.606. The molecule has 5 heteroatoms. The van der Waals surface area contributed by atoms with Crippen LogP contribution in [0.25, 0.3) is 0 Å². The number of aryl methyl sites for hydroxylation is 1. The van der Waals surface area contributed by atoms with Crippen molar-refractivity contribution < 1.29 is 24.5 Å². The molecular formula is C28H40O5. The SMILES string of the molecule is COc1cc(C)c(O)c(C/C=C(\C)CC(=O)/C=C(\C)CCCC(C)C(=O)[C@H](O)C=C(C)C)c1. The lowest BCUT2D eigenvalue weighted by atomic mass is 9.94. The number of ether oxygens (including phenoxy) is 1. The highest BCUT2D eigenvalue weighted by molar-refractivity contribution is 5.92. The van der Waals surface area contributed by atoms with Gasteiger partial charge < -0.3 is 14.9 Å². The predicted molar refractivity (Wildman–Crippen MR) is 134 cm³/mol. The van der Waals surface area contributed by atoms with E-state index in [0.29, 0.717) is 25.0 Å². The molecule has 0 aliphatic carbocycles. The number of allylic oxidation sites excluding steroid dienone is 5. The standard InChI is InChI=1S/C28H40O5/c1-18(2)13-26(30)28(32)21(5)10-8-9-19(3)14-24(29)15-20(4)11-12-23-17-25(33-7)16-22(6)27(23)31/h11,13-14,16-17,21,26,30-31H,8-10,12,15H2,1-7H3/b19-14+,20-11+/t21?,26-/m1/s1. The molecule has 5 nitrogen and oxygen atoms in total. The fourth-order valence-electron chi connectivity index (χ4n) is 3.64. The molecule has 182 valence electrons. The van der Waals surface area contributed by atoms with Gasteiger partial charge in [-0.1, -0.05) is 35.8 Å². The van der Waals surface area contributed by atoms with Crippen molar-refractivity contribution in [1.29, 1.82) is 0 Å².